The van der Waals surface area contributed by atoms with Gasteiger partial charge < -0.3 is 9.47 Å². The smallest absolute Gasteiger partial charge is 0.240 e. The molecule has 33 heavy (non-hydrogen) atoms. The molecule has 3 aromatic carbocycles. The lowest BCUT2D eigenvalue weighted by atomic mass is 10.2. The summed E-state index contributed by atoms with van der Waals surface area (Å²) >= 11 is 3.52. The van der Waals surface area contributed by atoms with Crippen molar-refractivity contribution in [3.05, 3.63) is 93.5 Å². The number of nitrogens with zero attached hydrogens (tertiary/aromatic N) is 1. The van der Waals surface area contributed by atoms with Crippen molar-refractivity contribution in [3.8, 4) is 11.5 Å². The Labute approximate surface area is 204 Å². The standard InChI is InChI=1S/C27H29BrN2O3/c1-3-21-12-15-26(25(28)17-21)32-16-4-5-27(31)30-29-18-22-10-13-24(14-11-22)33-19-23-8-6-20(2)7-9-23/h6-15,17-18H,3-5,16,19H2,1-2H3,(H,30,31)/b29-18+. The number of nitrogens with one attached hydrogen (secondary N) is 1. The van der Waals surface area contributed by atoms with Crippen LogP contribution in [0.1, 0.15) is 42.0 Å². The van der Waals surface area contributed by atoms with Gasteiger partial charge >= 0.3 is 0 Å². The number of ether oxygens (including phenoxy) is 2. The van der Waals surface area contributed by atoms with Crippen molar-refractivity contribution in [1.82, 2.24) is 5.43 Å². The molecule has 0 heterocycles. The number of halogens is 1. The summed E-state index contributed by atoms with van der Waals surface area (Å²) in [6.07, 6.45) is 3.54. The Hall–Kier alpha value is -3.12. The molecule has 0 saturated heterocycles. The number of benzene rings is 3. The number of hydrogen-bond acceptors (Lipinski definition) is 4. The lowest BCUT2D eigenvalue weighted by Crippen LogP contribution is -2.18. The molecule has 6 heteroatoms. The zero-order valence-corrected chi connectivity index (χ0v) is 20.6. The van der Waals surface area contributed by atoms with Crippen molar-refractivity contribution in [2.24, 2.45) is 5.10 Å². The van der Waals surface area contributed by atoms with Crippen LogP contribution in [0.15, 0.2) is 76.3 Å². The molecule has 0 aliphatic heterocycles. The first-order valence-electron chi connectivity index (χ1n) is 11.0. The lowest BCUT2D eigenvalue weighted by Gasteiger charge is -2.09. The van der Waals surface area contributed by atoms with E-state index in [0.717, 1.165) is 33.5 Å². The van der Waals surface area contributed by atoms with Gasteiger partial charge in [-0.2, -0.15) is 5.10 Å². The van der Waals surface area contributed by atoms with Gasteiger partial charge in [0.15, 0.2) is 0 Å². The van der Waals surface area contributed by atoms with E-state index in [2.05, 4.69) is 70.6 Å². The summed E-state index contributed by atoms with van der Waals surface area (Å²) in [5.74, 6) is 1.43. The summed E-state index contributed by atoms with van der Waals surface area (Å²) in [4.78, 5) is 12.0. The van der Waals surface area contributed by atoms with E-state index in [9.17, 15) is 4.79 Å². The number of hydrogen-bond donors (Lipinski definition) is 1. The lowest BCUT2D eigenvalue weighted by molar-refractivity contribution is -0.121. The molecular formula is C27H29BrN2O3. The molecule has 0 radical (unpaired) electrons. The molecule has 0 fully saturated rings. The zero-order chi connectivity index (χ0) is 23.5. The number of hydrazone groups is 1. The number of rotatable bonds is 11. The molecule has 5 nitrogen and oxygen atoms in total. The van der Waals surface area contributed by atoms with E-state index in [-0.39, 0.29) is 5.91 Å². The van der Waals surface area contributed by atoms with Gasteiger partial charge in [0.2, 0.25) is 5.91 Å². The van der Waals surface area contributed by atoms with E-state index in [0.29, 0.717) is 26.1 Å². The van der Waals surface area contributed by atoms with Crippen LogP contribution in [0.3, 0.4) is 0 Å². The van der Waals surface area contributed by atoms with Gasteiger partial charge in [-0.05, 0) is 88.8 Å². The minimum Gasteiger partial charge on any atom is -0.492 e. The number of carbonyl (C=O) groups excluding carboxylic acids is 1. The van der Waals surface area contributed by atoms with Crippen LogP contribution in [0.2, 0.25) is 0 Å². The second-order valence-corrected chi connectivity index (χ2v) is 8.56. The SMILES string of the molecule is CCc1ccc(OCCCC(=O)N/N=C/c2ccc(OCc3ccc(C)cc3)cc2)c(Br)c1. The Morgan fingerprint density at radius 2 is 1.73 bits per heavy atom. The third-order valence-corrected chi connectivity index (χ3v) is 5.64. The van der Waals surface area contributed by atoms with Gasteiger partial charge in [-0.1, -0.05) is 42.8 Å². The Morgan fingerprint density at radius 1 is 1.00 bits per heavy atom. The van der Waals surface area contributed by atoms with Gasteiger partial charge in [0.05, 0.1) is 17.3 Å². The van der Waals surface area contributed by atoms with Crippen LogP contribution < -0.4 is 14.9 Å². The van der Waals surface area contributed by atoms with Gasteiger partial charge in [-0.15, -0.1) is 0 Å². The average Bonchev–Trinajstić information content (AvgIpc) is 2.83. The molecule has 0 bridgehead atoms. The Kier molecular flexibility index (Phi) is 9.51. The van der Waals surface area contributed by atoms with Gasteiger partial charge in [0.25, 0.3) is 0 Å². The first kappa shape index (κ1) is 24.5. The van der Waals surface area contributed by atoms with E-state index in [1.54, 1.807) is 6.21 Å². The van der Waals surface area contributed by atoms with Crippen molar-refractivity contribution >= 4 is 28.1 Å². The van der Waals surface area contributed by atoms with Gasteiger partial charge in [0, 0.05) is 6.42 Å². The second-order valence-electron chi connectivity index (χ2n) is 7.71. The summed E-state index contributed by atoms with van der Waals surface area (Å²) in [6.45, 7) is 5.16. The highest BCUT2D eigenvalue weighted by atomic mass is 79.9. The van der Waals surface area contributed by atoms with Crippen LogP contribution in [0.4, 0.5) is 0 Å². The summed E-state index contributed by atoms with van der Waals surface area (Å²) in [6, 6.07) is 21.9. The predicted octanol–water partition coefficient (Wildman–Crippen LogP) is 6.21. The molecule has 3 rings (SSSR count). The molecule has 0 saturated carbocycles. The third-order valence-electron chi connectivity index (χ3n) is 5.02. The third kappa shape index (κ3) is 8.39. The minimum absolute atomic E-state index is 0.145. The van der Waals surface area contributed by atoms with Gasteiger partial charge in [-0.25, -0.2) is 5.43 Å². The van der Waals surface area contributed by atoms with Crippen LogP contribution in [0, 0.1) is 6.92 Å². The van der Waals surface area contributed by atoms with Gasteiger partial charge in [0.1, 0.15) is 18.1 Å². The van der Waals surface area contributed by atoms with Crippen molar-refractivity contribution in [2.75, 3.05) is 6.61 Å². The summed E-state index contributed by atoms with van der Waals surface area (Å²) in [7, 11) is 0. The van der Waals surface area contributed by atoms with Crippen LogP contribution in [0.25, 0.3) is 0 Å². The Balaban J connectivity index is 1.34. The fourth-order valence-electron chi connectivity index (χ4n) is 3.03. The predicted molar refractivity (Wildman–Crippen MR) is 136 cm³/mol. The quantitative estimate of drug-likeness (QED) is 0.190. The number of carbonyl (C=O) groups is 1. The van der Waals surface area contributed by atoms with E-state index >= 15 is 0 Å². The number of amides is 1. The van der Waals surface area contributed by atoms with E-state index in [1.165, 1.54) is 11.1 Å². The molecule has 0 spiro atoms. The molecule has 0 unspecified atom stereocenters. The first-order chi connectivity index (χ1) is 16.0. The largest absolute Gasteiger partial charge is 0.492 e. The molecule has 172 valence electrons. The molecule has 3 aromatic rings. The molecule has 0 aliphatic rings. The second kappa shape index (κ2) is 12.8. The maximum atomic E-state index is 12.0. The first-order valence-corrected chi connectivity index (χ1v) is 11.8. The summed E-state index contributed by atoms with van der Waals surface area (Å²) in [5.41, 5.74) is 7.04. The molecule has 0 aromatic heterocycles. The molecule has 1 amide bonds. The fourth-order valence-corrected chi connectivity index (χ4v) is 3.57. The Morgan fingerprint density at radius 3 is 2.42 bits per heavy atom. The maximum absolute atomic E-state index is 12.0. The highest BCUT2D eigenvalue weighted by Gasteiger charge is 2.04. The van der Waals surface area contributed by atoms with Crippen molar-refractivity contribution < 1.29 is 14.3 Å². The Bertz CT molecular complexity index is 1060. The van der Waals surface area contributed by atoms with E-state index in [4.69, 9.17) is 9.47 Å². The van der Waals surface area contributed by atoms with Crippen molar-refractivity contribution in [1.29, 1.82) is 0 Å². The van der Waals surface area contributed by atoms with Crippen molar-refractivity contribution in [3.63, 3.8) is 0 Å². The van der Waals surface area contributed by atoms with Crippen LogP contribution >= 0.6 is 15.9 Å². The molecule has 0 atom stereocenters. The van der Waals surface area contributed by atoms with Crippen molar-refractivity contribution in [2.45, 2.75) is 39.7 Å². The molecule has 0 aliphatic carbocycles. The average molecular weight is 509 g/mol. The summed E-state index contributed by atoms with van der Waals surface area (Å²) in [5, 5.41) is 4.03. The normalized spacial score (nSPS) is 10.9. The topological polar surface area (TPSA) is 59.9 Å². The highest BCUT2D eigenvalue weighted by molar-refractivity contribution is 9.10. The molecular weight excluding hydrogens is 480 g/mol. The van der Waals surface area contributed by atoms with Gasteiger partial charge in [-0.3, -0.25) is 4.79 Å². The van der Waals surface area contributed by atoms with E-state index < -0.39 is 0 Å². The highest BCUT2D eigenvalue weighted by Crippen LogP contribution is 2.26. The maximum Gasteiger partial charge on any atom is 0.240 e. The van der Waals surface area contributed by atoms with E-state index in [1.807, 2.05) is 36.4 Å². The number of aryl methyl sites for hydroxylation is 2. The monoisotopic (exact) mass is 508 g/mol. The fraction of sp³-hybridized carbons (Fsp3) is 0.259. The van der Waals surface area contributed by atoms with Crippen LogP contribution in [-0.2, 0) is 17.8 Å². The van der Waals surface area contributed by atoms with Crippen LogP contribution in [0.5, 0.6) is 11.5 Å². The molecule has 1 N–H and O–H groups in total. The van der Waals surface area contributed by atoms with Crippen LogP contribution in [-0.4, -0.2) is 18.7 Å². The minimum atomic E-state index is -0.145. The summed E-state index contributed by atoms with van der Waals surface area (Å²) < 4.78 is 12.5. The zero-order valence-electron chi connectivity index (χ0n) is 19.0.